The highest BCUT2D eigenvalue weighted by molar-refractivity contribution is 7.89. The van der Waals surface area contributed by atoms with Gasteiger partial charge < -0.3 is 0 Å². The van der Waals surface area contributed by atoms with Crippen molar-refractivity contribution in [2.24, 2.45) is 5.11 Å². The molecule has 0 atom stereocenters. The molecule has 1 aromatic heterocycles. The van der Waals surface area contributed by atoms with Crippen LogP contribution in [0.1, 0.15) is 5.69 Å². The van der Waals surface area contributed by atoms with Crippen molar-refractivity contribution in [3.05, 3.63) is 34.5 Å². The minimum Gasteiger partial charge on any atom is -0.244 e. The second-order valence-corrected chi connectivity index (χ2v) is 4.61. The Labute approximate surface area is 97.6 Å². The molecule has 0 saturated heterocycles. The summed E-state index contributed by atoms with van der Waals surface area (Å²) in [5.74, 6) is 0. The minimum absolute atomic E-state index is 0.00634. The maximum atomic E-state index is 11.6. The van der Waals surface area contributed by atoms with E-state index in [0.717, 1.165) is 6.20 Å². The first-order valence-electron chi connectivity index (χ1n) is 4.47. The fourth-order valence-electron chi connectivity index (χ4n) is 0.963. The van der Waals surface area contributed by atoms with Gasteiger partial charge >= 0.3 is 0 Å². The first-order chi connectivity index (χ1) is 8.10. The molecule has 0 aliphatic rings. The third kappa shape index (κ3) is 3.73. The predicted octanol–water partition coefficient (Wildman–Crippen LogP) is 0.542. The Balaban J connectivity index is 2.76. The number of azide groups is 1. The highest BCUT2D eigenvalue weighted by atomic mass is 32.2. The fourth-order valence-corrected chi connectivity index (χ4v) is 1.93. The molecule has 0 unspecified atom stereocenters. The number of nitriles is 1. The maximum Gasteiger partial charge on any atom is 0.242 e. The van der Waals surface area contributed by atoms with E-state index in [1.54, 1.807) is 6.07 Å². The van der Waals surface area contributed by atoms with Gasteiger partial charge in [-0.1, -0.05) is 5.11 Å². The molecule has 0 spiro atoms. The zero-order valence-corrected chi connectivity index (χ0v) is 9.42. The molecule has 88 valence electrons. The molecule has 0 aliphatic heterocycles. The van der Waals surface area contributed by atoms with Crippen LogP contribution in [0.2, 0.25) is 0 Å². The number of hydrogen-bond acceptors (Lipinski definition) is 5. The molecule has 0 aliphatic carbocycles. The number of rotatable bonds is 5. The second kappa shape index (κ2) is 5.81. The van der Waals surface area contributed by atoms with Crippen molar-refractivity contribution in [1.29, 1.82) is 5.26 Å². The maximum absolute atomic E-state index is 11.6. The lowest BCUT2D eigenvalue weighted by Crippen LogP contribution is -2.26. The Morgan fingerprint density at radius 2 is 2.35 bits per heavy atom. The number of pyridine rings is 1. The Bertz CT molecular complexity index is 567. The zero-order chi connectivity index (χ0) is 12.7. The summed E-state index contributed by atoms with van der Waals surface area (Å²) in [6.45, 7) is 0.0336. The van der Waals surface area contributed by atoms with E-state index in [-0.39, 0.29) is 23.7 Å². The molecule has 0 amide bonds. The largest absolute Gasteiger partial charge is 0.244 e. The summed E-state index contributed by atoms with van der Waals surface area (Å²) in [6, 6.07) is 4.37. The van der Waals surface area contributed by atoms with E-state index in [1.807, 2.05) is 0 Å². The lowest BCUT2D eigenvalue weighted by Gasteiger charge is -2.04. The molecule has 0 saturated carbocycles. The van der Waals surface area contributed by atoms with Crippen LogP contribution in [0.3, 0.4) is 0 Å². The normalized spacial score (nSPS) is 10.3. The summed E-state index contributed by atoms with van der Waals surface area (Å²) < 4.78 is 25.5. The highest BCUT2D eigenvalue weighted by Gasteiger charge is 2.13. The van der Waals surface area contributed by atoms with E-state index in [2.05, 4.69) is 19.7 Å². The molecule has 0 fully saturated rings. The van der Waals surface area contributed by atoms with Gasteiger partial charge in [-0.05, 0) is 17.7 Å². The van der Waals surface area contributed by atoms with Gasteiger partial charge in [-0.25, -0.2) is 18.1 Å². The molecule has 0 bridgehead atoms. The van der Waals surface area contributed by atoms with E-state index >= 15 is 0 Å². The monoisotopic (exact) mass is 252 g/mol. The predicted molar refractivity (Wildman–Crippen MR) is 58.2 cm³/mol. The number of aromatic nitrogens is 1. The average molecular weight is 252 g/mol. The Morgan fingerprint density at radius 1 is 1.59 bits per heavy atom. The van der Waals surface area contributed by atoms with Crippen LogP contribution in [0.5, 0.6) is 0 Å². The van der Waals surface area contributed by atoms with Crippen molar-refractivity contribution in [1.82, 2.24) is 9.71 Å². The molecule has 9 heteroatoms. The van der Waals surface area contributed by atoms with Gasteiger partial charge in [-0.15, -0.1) is 0 Å². The Kier molecular flexibility index (Phi) is 4.42. The highest BCUT2D eigenvalue weighted by Crippen LogP contribution is 2.06. The second-order valence-electron chi connectivity index (χ2n) is 2.84. The van der Waals surface area contributed by atoms with Gasteiger partial charge in [0.05, 0.1) is 0 Å². The molecule has 1 rings (SSSR count). The summed E-state index contributed by atoms with van der Waals surface area (Å²) in [6.07, 6.45) is 1.09. The lowest BCUT2D eigenvalue weighted by molar-refractivity contribution is 0.581. The van der Waals surface area contributed by atoms with Crippen LogP contribution >= 0.6 is 0 Å². The first-order valence-corrected chi connectivity index (χ1v) is 5.95. The van der Waals surface area contributed by atoms with E-state index in [0.29, 0.717) is 0 Å². The van der Waals surface area contributed by atoms with E-state index < -0.39 is 10.0 Å². The van der Waals surface area contributed by atoms with Gasteiger partial charge in [0, 0.05) is 24.2 Å². The summed E-state index contributed by atoms with van der Waals surface area (Å²) >= 11 is 0. The van der Waals surface area contributed by atoms with Crippen molar-refractivity contribution in [2.45, 2.75) is 4.90 Å². The van der Waals surface area contributed by atoms with Crippen LogP contribution in [-0.4, -0.2) is 26.5 Å². The SMILES string of the molecule is N#Cc1ccc(S(=O)(=O)NCCN=[N+]=[N-])cn1. The van der Waals surface area contributed by atoms with Crippen molar-refractivity contribution in [3.63, 3.8) is 0 Å². The number of nitrogens with one attached hydrogen (secondary N) is 1. The molecule has 17 heavy (non-hydrogen) atoms. The lowest BCUT2D eigenvalue weighted by atomic mass is 10.4. The summed E-state index contributed by atoms with van der Waals surface area (Å²) in [4.78, 5) is 6.09. The van der Waals surface area contributed by atoms with Crippen LogP contribution < -0.4 is 4.72 Å². The quantitative estimate of drug-likeness (QED) is 0.354. The van der Waals surface area contributed by atoms with Crippen molar-refractivity contribution in [3.8, 4) is 6.07 Å². The standard InChI is InChI=1S/C8H8N6O2S/c9-5-7-1-2-8(6-11-7)17(15,16)13-4-3-12-14-10/h1-2,6,13H,3-4H2. The third-order valence-electron chi connectivity index (χ3n) is 1.73. The van der Waals surface area contributed by atoms with Crippen LogP contribution in [-0.2, 0) is 10.0 Å². The van der Waals surface area contributed by atoms with Gasteiger partial charge in [-0.3, -0.25) is 0 Å². The zero-order valence-electron chi connectivity index (χ0n) is 8.61. The Hall–Kier alpha value is -2.14. The van der Waals surface area contributed by atoms with Crippen molar-refractivity contribution >= 4 is 10.0 Å². The van der Waals surface area contributed by atoms with Crippen LogP contribution in [0.4, 0.5) is 0 Å². The fraction of sp³-hybridized carbons (Fsp3) is 0.250. The first kappa shape index (κ1) is 12.9. The molecule has 1 aromatic rings. The summed E-state index contributed by atoms with van der Waals surface area (Å²) in [5, 5.41) is 11.7. The van der Waals surface area contributed by atoms with Crippen LogP contribution in [0.25, 0.3) is 10.4 Å². The molecular weight excluding hydrogens is 244 g/mol. The minimum atomic E-state index is -3.67. The van der Waals surface area contributed by atoms with Crippen molar-refractivity contribution < 1.29 is 8.42 Å². The third-order valence-corrected chi connectivity index (χ3v) is 3.17. The average Bonchev–Trinajstić information content (AvgIpc) is 2.35. The van der Waals surface area contributed by atoms with E-state index in [1.165, 1.54) is 12.1 Å². The Morgan fingerprint density at radius 3 is 2.88 bits per heavy atom. The van der Waals surface area contributed by atoms with Gasteiger partial charge in [-0.2, -0.15) is 5.26 Å². The van der Waals surface area contributed by atoms with E-state index in [4.69, 9.17) is 10.8 Å². The molecule has 1 N–H and O–H groups in total. The molecule has 0 aromatic carbocycles. The van der Waals surface area contributed by atoms with Crippen LogP contribution in [0.15, 0.2) is 28.3 Å². The summed E-state index contributed by atoms with van der Waals surface area (Å²) in [7, 11) is -3.67. The molecular formula is C8H8N6O2S. The smallest absolute Gasteiger partial charge is 0.242 e. The summed E-state index contributed by atoms with van der Waals surface area (Å²) in [5.41, 5.74) is 8.15. The molecule has 0 radical (unpaired) electrons. The number of hydrogen-bond donors (Lipinski definition) is 1. The van der Waals surface area contributed by atoms with Crippen LogP contribution in [0, 0.1) is 11.3 Å². The number of nitrogens with zero attached hydrogens (tertiary/aromatic N) is 5. The van der Waals surface area contributed by atoms with Crippen molar-refractivity contribution in [2.75, 3.05) is 13.1 Å². The molecule has 1 heterocycles. The van der Waals surface area contributed by atoms with Gasteiger partial charge in [0.1, 0.15) is 16.7 Å². The topological polar surface area (TPSA) is 132 Å². The van der Waals surface area contributed by atoms with Gasteiger partial charge in [0.15, 0.2) is 0 Å². The van der Waals surface area contributed by atoms with Gasteiger partial charge in [0.25, 0.3) is 0 Å². The van der Waals surface area contributed by atoms with Gasteiger partial charge in [0.2, 0.25) is 10.0 Å². The number of sulfonamides is 1. The molecule has 8 nitrogen and oxygen atoms in total. The van der Waals surface area contributed by atoms with E-state index in [9.17, 15) is 8.42 Å².